The van der Waals surface area contributed by atoms with E-state index in [9.17, 15) is 9.59 Å². The second-order valence-corrected chi connectivity index (χ2v) is 9.89. The van der Waals surface area contributed by atoms with Gasteiger partial charge in [-0.25, -0.2) is 0 Å². The second kappa shape index (κ2) is 10.1. The number of thioether (sulfide) groups is 1. The summed E-state index contributed by atoms with van der Waals surface area (Å²) in [5.41, 5.74) is 3.39. The van der Waals surface area contributed by atoms with Gasteiger partial charge in [0.05, 0.1) is 30.7 Å². The Morgan fingerprint density at radius 1 is 1.26 bits per heavy atom. The van der Waals surface area contributed by atoms with Gasteiger partial charge in [0.2, 0.25) is 0 Å². The van der Waals surface area contributed by atoms with Crippen LogP contribution in [0, 0.1) is 13.8 Å². The quantitative estimate of drug-likeness (QED) is 0.350. The van der Waals surface area contributed by atoms with Crippen molar-refractivity contribution in [2.75, 3.05) is 13.7 Å². The molecule has 9 heteroatoms. The van der Waals surface area contributed by atoms with Crippen molar-refractivity contribution in [1.82, 2.24) is 19.7 Å². The minimum atomic E-state index is -0.423. The number of methoxy groups -OCH3 is 1. The maximum Gasteiger partial charge on any atom is 0.192 e. The number of carbonyl (C=O) groups excluding carboxylic acids is 2. The van der Waals surface area contributed by atoms with Crippen LogP contribution in [0.1, 0.15) is 58.8 Å². The van der Waals surface area contributed by atoms with E-state index >= 15 is 0 Å². The number of aromatic nitrogens is 4. The maximum atomic E-state index is 13.3. The number of Topliss-reactive ketones (excluding diaryl/α,β-unsaturated/α-hetero) is 2. The maximum absolute atomic E-state index is 13.3. The Morgan fingerprint density at radius 3 is 2.59 bits per heavy atom. The molecule has 1 N–H and O–H groups in total. The smallest absolute Gasteiger partial charge is 0.192 e. The molecule has 1 fully saturated rings. The molecule has 34 heavy (non-hydrogen) atoms. The lowest BCUT2D eigenvalue weighted by atomic mass is 10.0. The summed E-state index contributed by atoms with van der Waals surface area (Å²) in [5, 5.41) is 9.14. The van der Waals surface area contributed by atoms with E-state index in [0.29, 0.717) is 34.2 Å². The van der Waals surface area contributed by atoms with E-state index < -0.39 is 5.25 Å². The van der Waals surface area contributed by atoms with Crippen LogP contribution in [0.2, 0.25) is 0 Å². The minimum Gasteiger partial charge on any atom is -0.497 e. The van der Waals surface area contributed by atoms with E-state index in [4.69, 9.17) is 9.47 Å². The summed E-state index contributed by atoms with van der Waals surface area (Å²) in [7, 11) is 1.63. The monoisotopic (exact) mass is 482 g/mol. The molecule has 1 aliphatic heterocycles. The van der Waals surface area contributed by atoms with E-state index in [-0.39, 0.29) is 17.7 Å². The number of nitrogens with one attached hydrogen (secondary N) is 1. The van der Waals surface area contributed by atoms with Crippen molar-refractivity contribution in [3.63, 3.8) is 0 Å². The summed E-state index contributed by atoms with van der Waals surface area (Å²) in [6.07, 6.45) is 2.10. The molecule has 1 aromatic carbocycles. The fourth-order valence-electron chi connectivity index (χ4n) is 4.43. The van der Waals surface area contributed by atoms with Gasteiger partial charge in [0.25, 0.3) is 0 Å². The van der Waals surface area contributed by atoms with Crippen LogP contribution in [0.3, 0.4) is 0 Å². The number of benzene rings is 1. The van der Waals surface area contributed by atoms with Gasteiger partial charge >= 0.3 is 0 Å². The number of ether oxygens (including phenoxy) is 2. The van der Waals surface area contributed by atoms with Crippen LogP contribution >= 0.6 is 11.8 Å². The average Bonchev–Trinajstić information content (AvgIpc) is 3.54. The second-order valence-electron chi connectivity index (χ2n) is 8.59. The highest BCUT2D eigenvalue weighted by atomic mass is 32.2. The Morgan fingerprint density at radius 2 is 2.00 bits per heavy atom. The van der Waals surface area contributed by atoms with Crippen molar-refractivity contribution in [1.29, 1.82) is 0 Å². The first-order valence-corrected chi connectivity index (χ1v) is 12.3. The SMILES string of the molecule is COc1ccc(-c2nnc(SC(C)C(=O)c3[nH]c(C)c(C(C)=O)c3C)n2CC2CCCO2)cc1. The molecule has 180 valence electrons. The van der Waals surface area contributed by atoms with Crippen LogP contribution < -0.4 is 4.74 Å². The van der Waals surface area contributed by atoms with Gasteiger partial charge in [-0.15, -0.1) is 10.2 Å². The molecule has 0 aliphatic carbocycles. The molecule has 3 heterocycles. The van der Waals surface area contributed by atoms with Crippen molar-refractivity contribution in [2.24, 2.45) is 0 Å². The third-order valence-electron chi connectivity index (χ3n) is 6.16. The van der Waals surface area contributed by atoms with E-state index in [1.54, 1.807) is 7.11 Å². The Balaban J connectivity index is 1.63. The molecule has 0 spiro atoms. The number of aryl methyl sites for hydroxylation is 1. The highest BCUT2D eigenvalue weighted by molar-refractivity contribution is 8.00. The lowest BCUT2D eigenvalue weighted by Crippen LogP contribution is -2.19. The molecule has 1 aliphatic rings. The number of rotatable bonds is 9. The van der Waals surface area contributed by atoms with Gasteiger partial charge in [-0.3, -0.25) is 14.2 Å². The lowest BCUT2D eigenvalue weighted by molar-refractivity contribution is 0.0953. The fraction of sp³-hybridized carbons (Fsp3) is 0.440. The van der Waals surface area contributed by atoms with Crippen LogP contribution in [0.5, 0.6) is 5.75 Å². The number of hydrogen-bond acceptors (Lipinski definition) is 7. The summed E-state index contributed by atoms with van der Waals surface area (Å²) in [6.45, 7) is 8.38. The van der Waals surface area contributed by atoms with Gasteiger partial charge < -0.3 is 14.5 Å². The summed E-state index contributed by atoms with van der Waals surface area (Å²) in [4.78, 5) is 28.4. The fourth-order valence-corrected chi connectivity index (χ4v) is 5.34. The largest absolute Gasteiger partial charge is 0.497 e. The zero-order chi connectivity index (χ0) is 24.4. The number of H-pyrrole nitrogens is 1. The van der Waals surface area contributed by atoms with Gasteiger partial charge in [0.1, 0.15) is 5.75 Å². The highest BCUT2D eigenvalue weighted by Crippen LogP contribution is 2.31. The Bertz CT molecular complexity index is 1190. The number of carbonyl (C=O) groups is 2. The summed E-state index contributed by atoms with van der Waals surface area (Å²) in [5.74, 6) is 1.37. The topological polar surface area (TPSA) is 99.1 Å². The summed E-state index contributed by atoms with van der Waals surface area (Å²) < 4.78 is 13.2. The molecule has 8 nitrogen and oxygen atoms in total. The molecule has 3 aromatic rings. The summed E-state index contributed by atoms with van der Waals surface area (Å²) in [6, 6.07) is 7.68. The van der Waals surface area contributed by atoms with Crippen molar-refractivity contribution < 1.29 is 19.1 Å². The Labute approximate surface area is 203 Å². The Hall–Kier alpha value is -2.91. The molecular formula is C25H30N4O4S. The minimum absolute atomic E-state index is 0.0500. The molecule has 2 atom stereocenters. The van der Waals surface area contributed by atoms with Gasteiger partial charge in [-0.1, -0.05) is 11.8 Å². The van der Waals surface area contributed by atoms with Crippen LogP contribution in [0.25, 0.3) is 11.4 Å². The zero-order valence-corrected chi connectivity index (χ0v) is 21.0. The van der Waals surface area contributed by atoms with Crippen molar-refractivity contribution in [3.8, 4) is 17.1 Å². The predicted molar refractivity (Wildman–Crippen MR) is 131 cm³/mol. The molecule has 1 saturated heterocycles. The molecule has 0 amide bonds. The Kier molecular flexibility index (Phi) is 7.23. The van der Waals surface area contributed by atoms with Crippen LogP contribution in [0.15, 0.2) is 29.4 Å². The molecule has 0 bridgehead atoms. The molecule has 2 unspecified atom stereocenters. The third-order valence-corrected chi connectivity index (χ3v) is 7.24. The molecule has 4 rings (SSSR count). The van der Waals surface area contributed by atoms with E-state index in [0.717, 1.165) is 36.6 Å². The van der Waals surface area contributed by atoms with E-state index in [2.05, 4.69) is 15.2 Å². The average molecular weight is 483 g/mol. The predicted octanol–water partition coefficient (Wildman–Crippen LogP) is 4.64. The van der Waals surface area contributed by atoms with Crippen LogP contribution in [-0.4, -0.2) is 56.4 Å². The first-order valence-electron chi connectivity index (χ1n) is 11.4. The lowest BCUT2D eigenvalue weighted by Gasteiger charge is -2.16. The normalized spacial score (nSPS) is 16.6. The molecule has 0 saturated carbocycles. The molecule has 0 radical (unpaired) electrons. The van der Waals surface area contributed by atoms with Crippen molar-refractivity contribution in [3.05, 3.63) is 46.8 Å². The molecular weight excluding hydrogens is 452 g/mol. The summed E-state index contributed by atoms with van der Waals surface area (Å²) >= 11 is 1.37. The molecule has 2 aromatic heterocycles. The number of ketones is 2. The standard InChI is InChI=1S/C25H30N4O4S/c1-14-21(16(3)30)15(2)26-22(14)23(31)17(4)34-25-28-27-24(18-8-10-19(32-5)11-9-18)29(25)13-20-7-6-12-33-20/h8-11,17,20,26H,6-7,12-13H2,1-5H3. The van der Waals surface area contributed by atoms with Crippen molar-refractivity contribution >= 4 is 23.3 Å². The van der Waals surface area contributed by atoms with Gasteiger partial charge in [0, 0.05) is 23.4 Å². The first kappa shape index (κ1) is 24.2. The number of aromatic amines is 1. The van der Waals surface area contributed by atoms with E-state index in [1.165, 1.54) is 18.7 Å². The highest BCUT2D eigenvalue weighted by Gasteiger charge is 2.28. The van der Waals surface area contributed by atoms with Crippen LogP contribution in [0.4, 0.5) is 0 Å². The van der Waals surface area contributed by atoms with Crippen molar-refractivity contribution in [2.45, 2.75) is 63.6 Å². The van der Waals surface area contributed by atoms with Gasteiger partial charge in [-0.2, -0.15) is 0 Å². The number of nitrogens with zero attached hydrogens (tertiary/aromatic N) is 3. The van der Waals surface area contributed by atoms with Crippen LogP contribution in [-0.2, 0) is 11.3 Å². The van der Waals surface area contributed by atoms with Gasteiger partial charge in [-0.05, 0) is 70.4 Å². The van der Waals surface area contributed by atoms with Gasteiger partial charge in [0.15, 0.2) is 22.5 Å². The first-order chi connectivity index (χ1) is 16.3. The number of hydrogen-bond donors (Lipinski definition) is 1. The van der Waals surface area contributed by atoms with E-state index in [1.807, 2.05) is 49.6 Å². The third kappa shape index (κ3) is 4.81. The zero-order valence-electron chi connectivity index (χ0n) is 20.2.